The highest BCUT2D eigenvalue weighted by molar-refractivity contribution is 5.54. The fourth-order valence-electron chi connectivity index (χ4n) is 5.26. The van der Waals surface area contributed by atoms with Crippen molar-refractivity contribution in [3.63, 3.8) is 0 Å². The van der Waals surface area contributed by atoms with Crippen LogP contribution in [0.5, 0.6) is 11.5 Å². The molecule has 0 bridgehead atoms. The lowest BCUT2D eigenvalue weighted by Crippen LogP contribution is -2.55. The van der Waals surface area contributed by atoms with Crippen molar-refractivity contribution in [1.82, 2.24) is 4.90 Å². The third kappa shape index (κ3) is 2.53. The average Bonchev–Trinajstić information content (AvgIpc) is 2.58. The van der Waals surface area contributed by atoms with Crippen molar-refractivity contribution in [3.05, 3.63) is 23.3 Å². The zero-order valence-corrected chi connectivity index (χ0v) is 15.1. The number of aryl methyl sites for hydroxylation is 1. The van der Waals surface area contributed by atoms with Gasteiger partial charge in [-0.2, -0.15) is 0 Å². The van der Waals surface area contributed by atoms with Gasteiger partial charge in [-0.1, -0.05) is 25.8 Å². The highest BCUT2D eigenvalue weighted by Crippen LogP contribution is 2.55. The van der Waals surface area contributed by atoms with Crippen LogP contribution in [-0.2, 0) is 11.8 Å². The summed E-state index contributed by atoms with van der Waals surface area (Å²) in [4.78, 5) is 2.51. The Bertz CT molecular complexity index is 571. The van der Waals surface area contributed by atoms with Gasteiger partial charge in [-0.25, -0.2) is 0 Å². The van der Waals surface area contributed by atoms with Gasteiger partial charge in [-0.05, 0) is 63.7 Å². The minimum Gasteiger partial charge on any atom is -0.504 e. The average molecular weight is 317 g/mol. The van der Waals surface area contributed by atoms with E-state index in [0.29, 0.717) is 17.7 Å². The van der Waals surface area contributed by atoms with Gasteiger partial charge in [0.25, 0.3) is 0 Å². The van der Waals surface area contributed by atoms with E-state index < -0.39 is 0 Å². The molecule has 2 fully saturated rings. The van der Waals surface area contributed by atoms with Crippen LogP contribution in [0.3, 0.4) is 0 Å². The molecule has 3 heteroatoms. The molecular weight excluding hydrogens is 286 g/mol. The molecule has 0 spiro atoms. The molecule has 128 valence electrons. The molecule has 1 heterocycles. The summed E-state index contributed by atoms with van der Waals surface area (Å²) in [6, 6.07) is 4.49. The van der Waals surface area contributed by atoms with Crippen molar-refractivity contribution in [2.24, 2.45) is 5.92 Å². The van der Waals surface area contributed by atoms with E-state index in [1.165, 1.54) is 43.2 Å². The number of nitrogens with zero attached hydrogens (tertiary/aromatic N) is 1. The highest BCUT2D eigenvalue weighted by Gasteiger charge is 2.50. The first-order valence-corrected chi connectivity index (χ1v) is 9.14. The van der Waals surface area contributed by atoms with E-state index in [4.69, 9.17) is 4.74 Å². The highest BCUT2D eigenvalue weighted by atomic mass is 16.5. The summed E-state index contributed by atoms with van der Waals surface area (Å²) < 4.78 is 5.71. The normalized spacial score (nSPS) is 31.7. The molecule has 23 heavy (non-hydrogen) atoms. The van der Waals surface area contributed by atoms with Gasteiger partial charge >= 0.3 is 0 Å². The van der Waals surface area contributed by atoms with E-state index in [9.17, 15) is 5.11 Å². The Morgan fingerprint density at radius 3 is 2.78 bits per heavy atom. The number of fused-ring (bicyclic) bond motifs is 1. The molecule has 1 aromatic carbocycles. The summed E-state index contributed by atoms with van der Waals surface area (Å²) >= 11 is 0. The maximum Gasteiger partial charge on any atom is 0.164 e. The second-order valence-corrected chi connectivity index (χ2v) is 7.49. The monoisotopic (exact) mass is 317 g/mol. The summed E-state index contributed by atoms with van der Waals surface area (Å²) in [6.45, 7) is 5.71. The zero-order valence-electron chi connectivity index (χ0n) is 15.1. The number of phenols is 1. The molecule has 0 radical (unpaired) electrons. The van der Waals surface area contributed by atoms with Crippen molar-refractivity contribution >= 4 is 0 Å². The number of aromatic hydroxyl groups is 1. The third-order valence-corrected chi connectivity index (χ3v) is 6.59. The van der Waals surface area contributed by atoms with E-state index in [2.05, 4.69) is 31.9 Å². The summed E-state index contributed by atoms with van der Waals surface area (Å²) in [6.07, 6.45) is 7.29. The summed E-state index contributed by atoms with van der Waals surface area (Å²) in [5, 5.41) is 10.4. The summed E-state index contributed by atoms with van der Waals surface area (Å²) in [5.74, 6) is 1.67. The molecule has 1 N–H and O–H groups in total. The van der Waals surface area contributed by atoms with Crippen LogP contribution in [0.2, 0.25) is 0 Å². The number of methoxy groups -OCH3 is 1. The molecular formula is C20H31NO2. The van der Waals surface area contributed by atoms with Crippen LogP contribution >= 0.6 is 0 Å². The molecule has 1 aromatic rings. The van der Waals surface area contributed by atoms with Crippen LogP contribution in [0.15, 0.2) is 12.1 Å². The van der Waals surface area contributed by atoms with E-state index in [0.717, 1.165) is 18.7 Å². The lowest BCUT2D eigenvalue weighted by molar-refractivity contribution is 0.0210. The van der Waals surface area contributed by atoms with Crippen LogP contribution in [0.1, 0.15) is 57.1 Å². The van der Waals surface area contributed by atoms with Gasteiger partial charge in [0.15, 0.2) is 11.5 Å². The fraction of sp³-hybridized carbons (Fsp3) is 0.700. The predicted octanol–water partition coefficient (Wildman–Crippen LogP) is 4.12. The number of piperidine rings is 1. The van der Waals surface area contributed by atoms with Crippen molar-refractivity contribution in [2.75, 3.05) is 20.7 Å². The van der Waals surface area contributed by atoms with Gasteiger partial charge in [0, 0.05) is 17.0 Å². The summed E-state index contributed by atoms with van der Waals surface area (Å²) in [7, 11) is 3.95. The molecule has 1 saturated heterocycles. The Labute approximate surface area is 140 Å². The van der Waals surface area contributed by atoms with Crippen LogP contribution in [0.25, 0.3) is 0 Å². The van der Waals surface area contributed by atoms with Crippen molar-refractivity contribution in [3.8, 4) is 11.5 Å². The van der Waals surface area contributed by atoms with Gasteiger partial charge in [0.05, 0.1) is 7.11 Å². The van der Waals surface area contributed by atoms with Gasteiger partial charge in [-0.3, -0.25) is 0 Å². The van der Waals surface area contributed by atoms with Crippen LogP contribution in [0.4, 0.5) is 0 Å². The number of benzene rings is 1. The van der Waals surface area contributed by atoms with Crippen LogP contribution in [0, 0.1) is 5.92 Å². The lowest BCUT2D eigenvalue weighted by Gasteiger charge is -2.54. The Hall–Kier alpha value is -1.22. The van der Waals surface area contributed by atoms with Gasteiger partial charge in [0.1, 0.15) is 0 Å². The smallest absolute Gasteiger partial charge is 0.164 e. The number of ether oxygens (including phenoxy) is 1. The number of hydrogen-bond donors (Lipinski definition) is 1. The van der Waals surface area contributed by atoms with E-state index in [1.807, 2.05) is 0 Å². The van der Waals surface area contributed by atoms with E-state index in [-0.39, 0.29) is 5.41 Å². The van der Waals surface area contributed by atoms with Crippen LogP contribution < -0.4 is 4.74 Å². The van der Waals surface area contributed by atoms with Crippen molar-refractivity contribution in [1.29, 1.82) is 0 Å². The molecule has 1 saturated carbocycles. The quantitative estimate of drug-likeness (QED) is 0.910. The summed E-state index contributed by atoms with van der Waals surface area (Å²) in [5.41, 5.74) is 2.83. The van der Waals surface area contributed by atoms with Gasteiger partial charge in [0.2, 0.25) is 0 Å². The zero-order chi connectivity index (χ0) is 16.6. The molecule has 0 amide bonds. The Balaban J connectivity index is 2.19. The second kappa shape index (κ2) is 6.35. The molecule has 3 nitrogen and oxygen atoms in total. The fourth-order valence-corrected chi connectivity index (χ4v) is 5.26. The molecule has 1 aliphatic heterocycles. The van der Waals surface area contributed by atoms with Crippen molar-refractivity contribution < 1.29 is 9.84 Å². The number of rotatable bonds is 3. The topological polar surface area (TPSA) is 32.7 Å². The Morgan fingerprint density at radius 2 is 2.09 bits per heavy atom. The molecule has 3 rings (SSSR count). The second-order valence-electron chi connectivity index (χ2n) is 7.49. The first-order valence-electron chi connectivity index (χ1n) is 9.14. The van der Waals surface area contributed by atoms with Gasteiger partial charge in [-0.15, -0.1) is 0 Å². The van der Waals surface area contributed by atoms with Gasteiger partial charge < -0.3 is 14.7 Å². The third-order valence-electron chi connectivity index (χ3n) is 6.59. The molecule has 2 aliphatic rings. The van der Waals surface area contributed by atoms with Crippen LogP contribution in [-0.4, -0.2) is 36.8 Å². The number of hydrogen-bond acceptors (Lipinski definition) is 3. The standard InChI is InChI=1S/C20H31NO2/c1-5-15-9-10-17(22)19(23-4)18(15)20-11-7-6-8-16(20)14(2)21(3)13-12-20/h9-10,14,16,22H,5-8,11-13H2,1-4H3. The first-order chi connectivity index (χ1) is 11.0. The Kier molecular flexibility index (Phi) is 4.59. The number of likely N-dealkylation sites (tertiary alicyclic amines) is 1. The molecule has 0 aromatic heterocycles. The largest absolute Gasteiger partial charge is 0.504 e. The Morgan fingerprint density at radius 1 is 1.30 bits per heavy atom. The number of phenolic OH excluding ortho intramolecular Hbond substituents is 1. The van der Waals surface area contributed by atoms with Crippen molar-refractivity contribution in [2.45, 2.75) is 63.8 Å². The molecule has 3 atom stereocenters. The maximum atomic E-state index is 10.4. The molecule has 3 unspecified atom stereocenters. The van der Waals surface area contributed by atoms with E-state index in [1.54, 1.807) is 13.2 Å². The SMILES string of the molecule is CCc1ccc(O)c(OC)c1C12CCCCC1C(C)N(C)CC2. The predicted molar refractivity (Wildman–Crippen MR) is 94.4 cm³/mol. The van der Waals surface area contributed by atoms with E-state index >= 15 is 0 Å². The first kappa shape index (κ1) is 16.6. The minimum atomic E-state index is 0.166. The lowest BCUT2D eigenvalue weighted by atomic mass is 9.56. The maximum absolute atomic E-state index is 10.4. The minimum absolute atomic E-state index is 0.166. The molecule has 1 aliphatic carbocycles.